The highest BCUT2D eigenvalue weighted by Gasteiger charge is 2.20. The standard InChI is InChI=1S/C18H22O6/c1-11-5-4-8-15(21)14(20)7-3-2-6-12-9-13(19)10-16(22)17(12)18(23)24-11/h2,4,6,8-11,14-15,19-22H,3,5,7H2,1H3/b6-2+,8-4-/t11-,14-,15+/m0/s1. The van der Waals surface area contributed by atoms with Crippen LogP contribution in [0.5, 0.6) is 11.5 Å². The van der Waals surface area contributed by atoms with Gasteiger partial charge in [0.15, 0.2) is 0 Å². The quantitative estimate of drug-likeness (QED) is 0.428. The molecule has 6 heteroatoms. The van der Waals surface area contributed by atoms with Gasteiger partial charge in [0.2, 0.25) is 0 Å². The van der Waals surface area contributed by atoms with Gasteiger partial charge in [-0.05, 0) is 31.4 Å². The van der Waals surface area contributed by atoms with Gasteiger partial charge < -0.3 is 25.2 Å². The van der Waals surface area contributed by atoms with Crippen molar-refractivity contribution in [1.29, 1.82) is 0 Å². The number of fused-ring (bicyclic) bond motifs is 1. The fourth-order valence-corrected chi connectivity index (χ4v) is 2.46. The number of rotatable bonds is 0. The number of carbonyl (C=O) groups is 1. The smallest absolute Gasteiger partial charge is 0.342 e. The van der Waals surface area contributed by atoms with Crippen LogP contribution in [-0.2, 0) is 4.74 Å². The van der Waals surface area contributed by atoms with E-state index in [1.165, 1.54) is 12.1 Å². The van der Waals surface area contributed by atoms with Gasteiger partial charge in [-0.2, -0.15) is 0 Å². The number of aliphatic hydroxyl groups excluding tert-OH is 2. The van der Waals surface area contributed by atoms with Gasteiger partial charge in [0.1, 0.15) is 23.2 Å². The summed E-state index contributed by atoms with van der Waals surface area (Å²) in [5, 5.41) is 39.3. The van der Waals surface area contributed by atoms with E-state index in [1.807, 2.05) is 0 Å². The Morgan fingerprint density at radius 1 is 1.17 bits per heavy atom. The maximum atomic E-state index is 12.3. The van der Waals surface area contributed by atoms with E-state index in [0.717, 1.165) is 6.07 Å². The molecule has 2 rings (SSSR count). The lowest BCUT2D eigenvalue weighted by atomic mass is 10.0. The van der Waals surface area contributed by atoms with E-state index in [0.29, 0.717) is 24.8 Å². The maximum absolute atomic E-state index is 12.3. The van der Waals surface area contributed by atoms with Crippen molar-refractivity contribution in [1.82, 2.24) is 0 Å². The van der Waals surface area contributed by atoms with Crippen molar-refractivity contribution in [2.75, 3.05) is 0 Å². The number of allylic oxidation sites excluding steroid dienone is 1. The Morgan fingerprint density at radius 2 is 1.92 bits per heavy atom. The van der Waals surface area contributed by atoms with E-state index >= 15 is 0 Å². The van der Waals surface area contributed by atoms with Crippen LogP contribution in [0.4, 0.5) is 0 Å². The maximum Gasteiger partial charge on any atom is 0.342 e. The van der Waals surface area contributed by atoms with Crippen molar-refractivity contribution >= 4 is 12.0 Å². The van der Waals surface area contributed by atoms with Crippen LogP contribution >= 0.6 is 0 Å². The van der Waals surface area contributed by atoms with Crippen LogP contribution in [0.1, 0.15) is 42.1 Å². The number of aromatic hydroxyl groups is 2. The first-order chi connectivity index (χ1) is 11.4. The summed E-state index contributed by atoms with van der Waals surface area (Å²) in [6, 6.07) is 2.44. The summed E-state index contributed by atoms with van der Waals surface area (Å²) in [7, 11) is 0. The molecule has 4 N–H and O–H groups in total. The number of phenolic OH excluding ortho intramolecular Hbond substituents is 2. The first-order valence-corrected chi connectivity index (χ1v) is 7.84. The van der Waals surface area contributed by atoms with Crippen LogP contribution in [0.2, 0.25) is 0 Å². The van der Waals surface area contributed by atoms with Gasteiger partial charge in [0.05, 0.1) is 12.2 Å². The lowest BCUT2D eigenvalue weighted by Gasteiger charge is -2.16. The zero-order valence-corrected chi connectivity index (χ0v) is 13.4. The third-order valence-corrected chi connectivity index (χ3v) is 3.77. The van der Waals surface area contributed by atoms with Crippen molar-refractivity contribution in [2.45, 2.75) is 44.5 Å². The van der Waals surface area contributed by atoms with E-state index in [9.17, 15) is 25.2 Å². The highest BCUT2D eigenvalue weighted by atomic mass is 16.5. The Morgan fingerprint density at radius 3 is 2.67 bits per heavy atom. The molecule has 1 heterocycles. The molecule has 1 aliphatic rings. The van der Waals surface area contributed by atoms with Gasteiger partial charge in [-0.3, -0.25) is 0 Å². The number of esters is 1. The summed E-state index contributed by atoms with van der Waals surface area (Å²) < 4.78 is 5.29. The average Bonchev–Trinajstić information content (AvgIpc) is 2.49. The first-order valence-electron chi connectivity index (χ1n) is 7.84. The van der Waals surface area contributed by atoms with E-state index < -0.39 is 24.3 Å². The number of cyclic esters (lactones) is 1. The number of ether oxygens (including phenoxy) is 1. The zero-order chi connectivity index (χ0) is 17.7. The third kappa shape index (κ3) is 4.59. The predicted molar refractivity (Wildman–Crippen MR) is 88.7 cm³/mol. The summed E-state index contributed by atoms with van der Waals surface area (Å²) in [6.07, 6.45) is 5.18. The molecule has 0 saturated heterocycles. The highest BCUT2D eigenvalue weighted by Crippen LogP contribution is 2.29. The van der Waals surface area contributed by atoms with Gasteiger partial charge in [-0.25, -0.2) is 4.79 Å². The minimum Gasteiger partial charge on any atom is -0.508 e. The van der Waals surface area contributed by atoms with Gasteiger partial charge >= 0.3 is 5.97 Å². The van der Waals surface area contributed by atoms with Crippen LogP contribution < -0.4 is 0 Å². The van der Waals surface area contributed by atoms with Gasteiger partial charge in [-0.1, -0.05) is 24.3 Å². The largest absolute Gasteiger partial charge is 0.508 e. The van der Waals surface area contributed by atoms with Gasteiger partial charge in [-0.15, -0.1) is 0 Å². The number of aliphatic hydroxyl groups is 2. The fraction of sp³-hybridized carbons (Fsp3) is 0.389. The molecule has 6 nitrogen and oxygen atoms in total. The Balaban J connectivity index is 2.36. The van der Waals surface area contributed by atoms with Gasteiger partial charge in [0, 0.05) is 12.5 Å². The second kappa shape index (κ2) is 7.99. The summed E-state index contributed by atoms with van der Waals surface area (Å²) in [6.45, 7) is 1.68. The molecule has 0 radical (unpaired) electrons. The van der Waals surface area contributed by atoms with Crippen molar-refractivity contribution in [3.8, 4) is 11.5 Å². The Kier molecular flexibility index (Phi) is 6.00. The van der Waals surface area contributed by atoms with E-state index in [2.05, 4.69) is 0 Å². The van der Waals surface area contributed by atoms with E-state index in [1.54, 1.807) is 25.2 Å². The first kappa shape index (κ1) is 18.0. The molecule has 0 spiro atoms. The Hall–Kier alpha value is -2.31. The van der Waals surface area contributed by atoms with Crippen LogP contribution in [0.15, 0.2) is 30.4 Å². The molecule has 0 aliphatic carbocycles. The number of benzene rings is 1. The molecule has 0 unspecified atom stereocenters. The van der Waals surface area contributed by atoms with E-state index in [4.69, 9.17) is 4.74 Å². The molecular weight excluding hydrogens is 312 g/mol. The number of carbonyl (C=O) groups excluding carboxylic acids is 1. The third-order valence-electron chi connectivity index (χ3n) is 3.77. The predicted octanol–water partition coefficient (Wildman–Crippen LogP) is 2.12. The monoisotopic (exact) mass is 334 g/mol. The minimum absolute atomic E-state index is 0.0162. The normalized spacial score (nSPS) is 28.3. The Labute approximate surface area is 140 Å². The second-order valence-electron chi connectivity index (χ2n) is 5.85. The van der Waals surface area contributed by atoms with Crippen LogP contribution in [0, 0.1) is 0 Å². The molecule has 1 aromatic rings. The highest BCUT2D eigenvalue weighted by molar-refractivity contribution is 5.97. The minimum atomic E-state index is -0.982. The molecule has 0 amide bonds. The lowest BCUT2D eigenvalue weighted by Crippen LogP contribution is -2.23. The number of hydrogen-bond donors (Lipinski definition) is 4. The van der Waals surface area contributed by atoms with Crippen molar-refractivity contribution in [3.05, 3.63) is 41.5 Å². The van der Waals surface area contributed by atoms with Crippen LogP contribution in [0.3, 0.4) is 0 Å². The molecule has 1 aromatic carbocycles. The van der Waals surface area contributed by atoms with Gasteiger partial charge in [0.25, 0.3) is 0 Å². The summed E-state index contributed by atoms with van der Waals surface area (Å²) in [4.78, 5) is 12.3. The Bertz CT molecular complexity index is 649. The second-order valence-corrected chi connectivity index (χ2v) is 5.85. The van der Waals surface area contributed by atoms with E-state index in [-0.39, 0.29) is 17.1 Å². The summed E-state index contributed by atoms with van der Waals surface area (Å²) in [5.74, 6) is -1.22. The van der Waals surface area contributed by atoms with Crippen LogP contribution in [0.25, 0.3) is 6.08 Å². The van der Waals surface area contributed by atoms with Crippen molar-refractivity contribution < 1.29 is 30.0 Å². The molecule has 3 atom stereocenters. The molecule has 0 fully saturated rings. The van der Waals surface area contributed by atoms with Crippen molar-refractivity contribution in [2.24, 2.45) is 0 Å². The topological polar surface area (TPSA) is 107 Å². The number of phenols is 2. The molecule has 24 heavy (non-hydrogen) atoms. The molecule has 0 aromatic heterocycles. The molecule has 0 saturated carbocycles. The lowest BCUT2D eigenvalue weighted by molar-refractivity contribution is 0.0337. The summed E-state index contributed by atoms with van der Waals surface area (Å²) in [5.41, 5.74) is 0.310. The van der Waals surface area contributed by atoms with Crippen molar-refractivity contribution in [3.63, 3.8) is 0 Å². The molecule has 0 bridgehead atoms. The molecule has 130 valence electrons. The zero-order valence-electron chi connectivity index (χ0n) is 13.4. The SMILES string of the molecule is C[C@H]1C/C=C\[C@@H](O)[C@@H](O)CC/C=C/c2cc(O)cc(O)c2C(=O)O1. The average molecular weight is 334 g/mol. The molecule has 1 aliphatic heterocycles. The van der Waals surface area contributed by atoms with Crippen LogP contribution in [-0.4, -0.2) is 44.7 Å². The fourth-order valence-electron chi connectivity index (χ4n) is 2.46. The molecular formula is C18H22O6. The summed E-state index contributed by atoms with van der Waals surface area (Å²) >= 11 is 0. The number of hydrogen-bond acceptors (Lipinski definition) is 6.